The van der Waals surface area contributed by atoms with Gasteiger partial charge in [-0.15, -0.1) is 17.5 Å². The van der Waals surface area contributed by atoms with Crippen molar-refractivity contribution in [3.63, 3.8) is 0 Å². The highest BCUT2D eigenvalue weighted by Gasteiger charge is 2.24. The summed E-state index contributed by atoms with van der Waals surface area (Å²) in [6.45, 7) is 3.00. The van der Waals surface area contributed by atoms with Gasteiger partial charge >= 0.3 is 5.76 Å². The maximum atomic E-state index is 10.9. The zero-order chi connectivity index (χ0) is 13.1. The second kappa shape index (κ2) is 6.72. The Bertz CT molecular complexity index is 573. The summed E-state index contributed by atoms with van der Waals surface area (Å²) in [5.41, 5.74) is 1.34. The topological polar surface area (TPSA) is 62.1 Å². The largest absolute Gasteiger partial charge is 0.434 e. The zero-order valence-corrected chi connectivity index (χ0v) is 11.9. The van der Waals surface area contributed by atoms with Crippen LogP contribution < -0.4 is 5.76 Å². The molecule has 0 radical (unpaired) electrons. The minimum atomic E-state index is -0.457. The molecule has 1 aliphatic heterocycles. The predicted molar refractivity (Wildman–Crippen MR) is 78.1 cm³/mol. The average molecular weight is 296 g/mol. The molecule has 0 bridgehead atoms. The minimum absolute atomic E-state index is 0. The summed E-state index contributed by atoms with van der Waals surface area (Å²) in [4.78, 5) is 13.4. The lowest BCUT2D eigenvalue weighted by Gasteiger charge is -2.30. The van der Waals surface area contributed by atoms with Crippen molar-refractivity contribution in [1.29, 1.82) is 0 Å². The van der Waals surface area contributed by atoms with Crippen molar-refractivity contribution in [3.05, 3.63) is 52.3 Å². The summed E-state index contributed by atoms with van der Waals surface area (Å²) in [6, 6.07) is 10.5. The first-order valence-corrected chi connectivity index (χ1v) is 6.63. The molecule has 0 amide bonds. The summed E-state index contributed by atoms with van der Waals surface area (Å²) >= 11 is 0. The van der Waals surface area contributed by atoms with Crippen molar-refractivity contribution in [2.75, 3.05) is 13.1 Å². The molecule has 1 N–H and O–H groups in total. The molecule has 1 aromatic carbocycles. The average Bonchev–Trinajstić information content (AvgIpc) is 2.87. The SMILES string of the molecule is Cl.O=c1[nH]nc(C2CCN(Cc3ccccc3)CC2)o1. The molecule has 3 rings (SSSR count). The van der Waals surface area contributed by atoms with Crippen molar-refractivity contribution in [2.24, 2.45) is 0 Å². The van der Waals surface area contributed by atoms with E-state index in [4.69, 9.17) is 4.42 Å². The molecule has 0 spiro atoms. The summed E-state index contributed by atoms with van der Waals surface area (Å²) in [6.07, 6.45) is 1.97. The molecule has 0 saturated carbocycles. The van der Waals surface area contributed by atoms with Gasteiger partial charge < -0.3 is 4.42 Å². The van der Waals surface area contributed by atoms with E-state index in [9.17, 15) is 4.79 Å². The number of hydrogen-bond donors (Lipinski definition) is 1. The van der Waals surface area contributed by atoms with Gasteiger partial charge in [0.2, 0.25) is 5.89 Å². The van der Waals surface area contributed by atoms with Crippen LogP contribution in [0, 0.1) is 0 Å². The molecule has 5 nitrogen and oxygen atoms in total. The van der Waals surface area contributed by atoms with Crippen molar-refractivity contribution in [1.82, 2.24) is 15.1 Å². The highest BCUT2D eigenvalue weighted by molar-refractivity contribution is 5.85. The van der Waals surface area contributed by atoms with Crippen LogP contribution in [0.25, 0.3) is 0 Å². The van der Waals surface area contributed by atoms with Gasteiger partial charge in [-0.05, 0) is 31.5 Å². The van der Waals surface area contributed by atoms with Crippen LogP contribution in [0.4, 0.5) is 0 Å². The van der Waals surface area contributed by atoms with Gasteiger partial charge in [-0.25, -0.2) is 9.89 Å². The van der Waals surface area contributed by atoms with E-state index < -0.39 is 5.76 Å². The van der Waals surface area contributed by atoms with E-state index >= 15 is 0 Å². The van der Waals surface area contributed by atoms with Gasteiger partial charge in [0, 0.05) is 12.5 Å². The third-order valence-corrected chi connectivity index (χ3v) is 3.64. The number of nitrogens with zero attached hydrogens (tertiary/aromatic N) is 2. The Hall–Kier alpha value is -1.59. The number of rotatable bonds is 3. The molecule has 1 fully saturated rings. The van der Waals surface area contributed by atoms with Gasteiger partial charge in [-0.2, -0.15) is 0 Å². The first-order chi connectivity index (χ1) is 9.31. The molecule has 2 heterocycles. The first kappa shape index (κ1) is 14.8. The third-order valence-electron chi connectivity index (χ3n) is 3.64. The number of halogens is 1. The Labute approximate surface area is 123 Å². The maximum Gasteiger partial charge on any atom is 0.434 e. The van der Waals surface area contributed by atoms with Crippen molar-refractivity contribution in [3.8, 4) is 0 Å². The van der Waals surface area contributed by atoms with E-state index in [1.54, 1.807) is 0 Å². The summed E-state index contributed by atoms with van der Waals surface area (Å²) < 4.78 is 5.04. The molecule has 6 heteroatoms. The van der Waals surface area contributed by atoms with Crippen LogP contribution in [0.2, 0.25) is 0 Å². The number of aromatic nitrogens is 2. The van der Waals surface area contributed by atoms with E-state index in [0.29, 0.717) is 5.89 Å². The van der Waals surface area contributed by atoms with Gasteiger partial charge in [0.25, 0.3) is 0 Å². The Morgan fingerprint density at radius 1 is 1.25 bits per heavy atom. The molecular formula is C14H18ClN3O2. The smallest absolute Gasteiger partial charge is 0.392 e. The summed E-state index contributed by atoms with van der Waals surface area (Å²) in [7, 11) is 0. The number of benzene rings is 1. The van der Waals surface area contributed by atoms with Crippen LogP contribution in [0.15, 0.2) is 39.5 Å². The number of likely N-dealkylation sites (tertiary alicyclic amines) is 1. The lowest BCUT2D eigenvalue weighted by Crippen LogP contribution is -2.32. The van der Waals surface area contributed by atoms with E-state index in [1.807, 2.05) is 6.07 Å². The Kier molecular flexibility index (Phi) is 4.98. The second-order valence-corrected chi connectivity index (χ2v) is 4.99. The Morgan fingerprint density at radius 3 is 2.55 bits per heavy atom. The van der Waals surface area contributed by atoms with Crippen LogP contribution in [0.3, 0.4) is 0 Å². The van der Waals surface area contributed by atoms with Gasteiger partial charge in [0.1, 0.15) is 0 Å². The van der Waals surface area contributed by atoms with Gasteiger partial charge in [0.15, 0.2) is 0 Å². The fourth-order valence-corrected chi connectivity index (χ4v) is 2.60. The fraction of sp³-hybridized carbons (Fsp3) is 0.429. The molecule has 2 aromatic rings. The van der Waals surface area contributed by atoms with Crippen molar-refractivity contribution in [2.45, 2.75) is 25.3 Å². The highest BCUT2D eigenvalue weighted by Crippen LogP contribution is 2.26. The Morgan fingerprint density at radius 2 is 1.95 bits per heavy atom. The van der Waals surface area contributed by atoms with Crippen LogP contribution in [0.1, 0.15) is 30.2 Å². The minimum Gasteiger partial charge on any atom is -0.392 e. The van der Waals surface area contributed by atoms with Crippen molar-refractivity contribution >= 4 is 12.4 Å². The van der Waals surface area contributed by atoms with Crippen LogP contribution >= 0.6 is 12.4 Å². The van der Waals surface area contributed by atoms with Gasteiger partial charge in [-0.1, -0.05) is 30.3 Å². The summed E-state index contributed by atoms with van der Waals surface area (Å²) in [5.74, 6) is 0.372. The summed E-state index contributed by atoms with van der Waals surface area (Å²) in [5, 5.41) is 6.26. The van der Waals surface area contributed by atoms with Crippen molar-refractivity contribution < 1.29 is 4.42 Å². The molecule has 1 aromatic heterocycles. The molecule has 1 saturated heterocycles. The normalized spacial score (nSPS) is 16.8. The molecule has 0 aliphatic carbocycles. The highest BCUT2D eigenvalue weighted by atomic mass is 35.5. The van der Waals surface area contributed by atoms with Crippen LogP contribution in [0.5, 0.6) is 0 Å². The molecule has 0 atom stereocenters. The molecule has 1 aliphatic rings. The first-order valence-electron chi connectivity index (χ1n) is 6.63. The van der Waals surface area contributed by atoms with E-state index in [1.165, 1.54) is 5.56 Å². The number of H-pyrrole nitrogens is 1. The monoisotopic (exact) mass is 295 g/mol. The third kappa shape index (κ3) is 3.49. The molecule has 20 heavy (non-hydrogen) atoms. The lowest BCUT2D eigenvalue weighted by atomic mass is 9.96. The lowest BCUT2D eigenvalue weighted by molar-refractivity contribution is 0.192. The maximum absolute atomic E-state index is 10.9. The molecular weight excluding hydrogens is 278 g/mol. The zero-order valence-electron chi connectivity index (χ0n) is 11.1. The standard InChI is InChI=1S/C14H17N3O2.ClH/c18-14-16-15-13(19-14)12-6-8-17(9-7-12)10-11-4-2-1-3-5-11;/h1-5,12H,6-10H2,(H,16,18);1H. The predicted octanol–water partition coefficient (Wildman–Crippen LogP) is 2.16. The Balaban J connectivity index is 0.00000147. The molecule has 0 unspecified atom stereocenters. The second-order valence-electron chi connectivity index (χ2n) is 4.99. The fourth-order valence-electron chi connectivity index (χ4n) is 2.60. The molecule has 108 valence electrons. The van der Waals surface area contributed by atoms with Gasteiger partial charge in [0.05, 0.1) is 0 Å². The number of hydrogen-bond acceptors (Lipinski definition) is 4. The van der Waals surface area contributed by atoms with Crippen LogP contribution in [-0.4, -0.2) is 28.2 Å². The van der Waals surface area contributed by atoms with E-state index in [2.05, 4.69) is 39.4 Å². The quantitative estimate of drug-likeness (QED) is 0.942. The van der Waals surface area contributed by atoms with E-state index in [0.717, 1.165) is 32.5 Å². The number of piperidine rings is 1. The number of nitrogens with one attached hydrogen (secondary N) is 1. The van der Waals surface area contributed by atoms with Crippen LogP contribution in [-0.2, 0) is 6.54 Å². The van der Waals surface area contributed by atoms with Gasteiger partial charge in [-0.3, -0.25) is 4.90 Å². The van der Waals surface area contributed by atoms with E-state index in [-0.39, 0.29) is 18.3 Å². The number of aromatic amines is 1.